The largest absolute Gasteiger partial charge is 0.371 e. The number of fused-ring (bicyclic) bond motifs is 1. The third-order valence-electron chi connectivity index (χ3n) is 4.47. The first kappa shape index (κ1) is 15.5. The Morgan fingerprint density at radius 3 is 3.04 bits per heavy atom. The number of carbonyl (C=O) groups is 1. The van der Waals surface area contributed by atoms with E-state index >= 15 is 0 Å². The molecule has 7 heteroatoms. The van der Waals surface area contributed by atoms with E-state index in [1.165, 1.54) is 16.9 Å². The van der Waals surface area contributed by atoms with Crippen LogP contribution in [0.15, 0.2) is 24.3 Å². The number of aryl methyl sites for hydroxylation is 1. The fourth-order valence-electron chi connectivity index (χ4n) is 3.25. The fourth-order valence-corrected chi connectivity index (χ4v) is 4.07. The Hall–Kier alpha value is -1.99. The third-order valence-corrected chi connectivity index (χ3v) is 5.40. The van der Waals surface area contributed by atoms with Gasteiger partial charge in [0.15, 0.2) is 0 Å². The number of carbonyl (C=O) groups excluding carboxylic acids is 1. The SMILES string of the molecule is O=C(Nc1nnc(C2CCCO2)s1)N1CCCCc2ccccc21. The van der Waals surface area contributed by atoms with Gasteiger partial charge >= 0.3 is 6.03 Å². The van der Waals surface area contributed by atoms with Gasteiger partial charge in [-0.3, -0.25) is 10.2 Å². The standard InChI is InChI=1S/C17H20N4O2S/c22-17(18-16-20-19-15(24-16)14-9-5-11-23-14)21-10-4-3-7-12-6-1-2-8-13(12)21/h1-2,6,8,14H,3-5,7,9-11H2,(H,18,20,22). The number of para-hydroxylation sites is 1. The van der Waals surface area contributed by atoms with E-state index in [-0.39, 0.29) is 12.1 Å². The van der Waals surface area contributed by atoms with Crippen molar-refractivity contribution in [3.63, 3.8) is 0 Å². The van der Waals surface area contributed by atoms with Gasteiger partial charge in [0, 0.05) is 18.8 Å². The summed E-state index contributed by atoms with van der Waals surface area (Å²) in [4.78, 5) is 14.6. The number of nitrogens with zero attached hydrogens (tertiary/aromatic N) is 3. The monoisotopic (exact) mass is 344 g/mol. The van der Waals surface area contributed by atoms with E-state index in [1.807, 2.05) is 23.1 Å². The summed E-state index contributed by atoms with van der Waals surface area (Å²) < 4.78 is 5.62. The number of nitrogens with one attached hydrogen (secondary N) is 1. The number of hydrogen-bond donors (Lipinski definition) is 1. The number of ether oxygens (including phenoxy) is 1. The maximum atomic E-state index is 12.7. The second-order valence-electron chi connectivity index (χ2n) is 6.11. The maximum absolute atomic E-state index is 12.7. The molecule has 4 rings (SSSR count). The van der Waals surface area contributed by atoms with Crippen LogP contribution in [-0.4, -0.2) is 29.4 Å². The molecule has 1 atom stereocenters. The van der Waals surface area contributed by atoms with Crippen LogP contribution < -0.4 is 10.2 Å². The van der Waals surface area contributed by atoms with Gasteiger partial charge in [-0.05, 0) is 43.7 Å². The van der Waals surface area contributed by atoms with E-state index in [2.05, 4.69) is 21.6 Å². The Morgan fingerprint density at radius 1 is 1.25 bits per heavy atom. The van der Waals surface area contributed by atoms with Crippen molar-refractivity contribution in [3.05, 3.63) is 34.8 Å². The molecule has 2 amide bonds. The normalized spacial score (nSPS) is 20.5. The summed E-state index contributed by atoms with van der Waals surface area (Å²) in [5.41, 5.74) is 2.22. The average Bonchev–Trinajstić information content (AvgIpc) is 3.23. The van der Waals surface area contributed by atoms with Crippen molar-refractivity contribution in [2.45, 2.75) is 38.2 Å². The molecule has 24 heavy (non-hydrogen) atoms. The van der Waals surface area contributed by atoms with Crippen LogP contribution in [-0.2, 0) is 11.2 Å². The van der Waals surface area contributed by atoms with E-state index < -0.39 is 0 Å². The molecule has 0 saturated carbocycles. The summed E-state index contributed by atoms with van der Waals surface area (Å²) in [6.07, 6.45) is 5.18. The molecule has 1 fully saturated rings. The van der Waals surface area contributed by atoms with Crippen molar-refractivity contribution < 1.29 is 9.53 Å². The molecule has 1 N–H and O–H groups in total. The molecule has 6 nitrogen and oxygen atoms in total. The summed E-state index contributed by atoms with van der Waals surface area (Å²) in [7, 11) is 0. The van der Waals surface area contributed by atoms with Crippen molar-refractivity contribution in [2.24, 2.45) is 0 Å². The number of aromatic nitrogens is 2. The van der Waals surface area contributed by atoms with Crippen molar-refractivity contribution in [3.8, 4) is 0 Å². The first-order valence-electron chi connectivity index (χ1n) is 8.43. The maximum Gasteiger partial charge on any atom is 0.328 e. The van der Waals surface area contributed by atoms with Gasteiger partial charge in [-0.2, -0.15) is 0 Å². The molecule has 1 aromatic carbocycles. The molecule has 0 aliphatic carbocycles. The van der Waals surface area contributed by atoms with E-state index in [4.69, 9.17) is 4.74 Å². The van der Waals surface area contributed by atoms with Crippen LogP contribution in [0.3, 0.4) is 0 Å². The lowest BCUT2D eigenvalue weighted by Crippen LogP contribution is -2.35. The zero-order valence-electron chi connectivity index (χ0n) is 13.4. The van der Waals surface area contributed by atoms with Crippen LogP contribution in [0.5, 0.6) is 0 Å². The zero-order chi connectivity index (χ0) is 16.4. The van der Waals surface area contributed by atoms with Crippen LogP contribution in [0.4, 0.5) is 15.6 Å². The molecule has 0 radical (unpaired) electrons. The van der Waals surface area contributed by atoms with Crippen LogP contribution in [0.25, 0.3) is 0 Å². The quantitative estimate of drug-likeness (QED) is 0.900. The highest BCUT2D eigenvalue weighted by Gasteiger charge is 2.24. The minimum atomic E-state index is -0.139. The number of urea groups is 1. The zero-order valence-corrected chi connectivity index (χ0v) is 14.2. The second-order valence-corrected chi connectivity index (χ2v) is 7.12. The molecule has 1 aromatic heterocycles. The van der Waals surface area contributed by atoms with Crippen molar-refractivity contribution >= 4 is 28.2 Å². The summed E-state index contributed by atoms with van der Waals surface area (Å²) in [5.74, 6) is 0. The van der Waals surface area contributed by atoms with Gasteiger partial charge < -0.3 is 4.74 Å². The highest BCUT2D eigenvalue weighted by atomic mass is 32.1. The molecule has 2 aliphatic heterocycles. The number of amides is 2. The number of rotatable bonds is 2. The van der Waals surface area contributed by atoms with E-state index in [0.29, 0.717) is 5.13 Å². The minimum Gasteiger partial charge on any atom is -0.371 e. The Labute approximate surface area is 144 Å². The van der Waals surface area contributed by atoms with Gasteiger partial charge in [-0.15, -0.1) is 10.2 Å². The topological polar surface area (TPSA) is 67.3 Å². The average molecular weight is 344 g/mol. The van der Waals surface area contributed by atoms with Crippen LogP contribution in [0.2, 0.25) is 0 Å². The lowest BCUT2D eigenvalue weighted by molar-refractivity contribution is 0.111. The van der Waals surface area contributed by atoms with Gasteiger partial charge in [0.1, 0.15) is 11.1 Å². The number of hydrogen-bond acceptors (Lipinski definition) is 5. The molecule has 3 heterocycles. The number of benzene rings is 1. The second kappa shape index (κ2) is 6.86. The molecule has 126 valence electrons. The lowest BCUT2D eigenvalue weighted by Gasteiger charge is -2.22. The molecular formula is C17H20N4O2S. The Kier molecular flexibility index (Phi) is 4.44. The van der Waals surface area contributed by atoms with Gasteiger partial charge in [0.05, 0.1) is 0 Å². The highest BCUT2D eigenvalue weighted by molar-refractivity contribution is 7.15. The van der Waals surface area contributed by atoms with Crippen molar-refractivity contribution in [2.75, 3.05) is 23.4 Å². The number of anilines is 2. The predicted octanol–water partition coefficient (Wildman–Crippen LogP) is 3.76. The summed E-state index contributed by atoms with van der Waals surface area (Å²) in [5, 5.41) is 12.6. The smallest absolute Gasteiger partial charge is 0.328 e. The fraction of sp³-hybridized carbons (Fsp3) is 0.471. The Morgan fingerprint density at radius 2 is 2.17 bits per heavy atom. The molecule has 0 spiro atoms. The van der Waals surface area contributed by atoms with Crippen LogP contribution >= 0.6 is 11.3 Å². The molecule has 1 unspecified atom stereocenters. The van der Waals surface area contributed by atoms with Crippen LogP contribution in [0, 0.1) is 0 Å². The van der Waals surface area contributed by atoms with Gasteiger partial charge in [0.25, 0.3) is 0 Å². The summed E-state index contributed by atoms with van der Waals surface area (Å²) in [6.45, 7) is 1.50. The molecule has 2 aromatic rings. The molecule has 2 aliphatic rings. The Bertz CT molecular complexity index is 727. The van der Waals surface area contributed by atoms with Gasteiger partial charge in [-0.1, -0.05) is 29.5 Å². The molecule has 1 saturated heterocycles. The van der Waals surface area contributed by atoms with Crippen molar-refractivity contribution in [1.82, 2.24) is 10.2 Å². The van der Waals surface area contributed by atoms with Crippen molar-refractivity contribution in [1.29, 1.82) is 0 Å². The van der Waals surface area contributed by atoms with E-state index in [1.54, 1.807) is 0 Å². The van der Waals surface area contributed by atoms with Gasteiger partial charge in [-0.25, -0.2) is 4.79 Å². The minimum absolute atomic E-state index is 0.0343. The van der Waals surface area contributed by atoms with E-state index in [9.17, 15) is 4.79 Å². The van der Waals surface area contributed by atoms with Crippen LogP contribution in [0.1, 0.15) is 42.4 Å². The highest BCUT2D eigenvalue weighted by Crippen LogP contribution is 2.32. The van der Waals surface area contributed by atoms with Gasteiger partial charge in [0.2, 0.25) is 5.13 Å². The first-order valence-corrected chi connectivity index (χ1v) is 9.24. The summed E-state index contributed by atoms with van der Waals surface area (Å²) in [6, 6.07) is 7.97. The Balaban J connectivity index is 1.50. The predicted molar refractivity (Wildman–Crippen MR) is 93.6 cm³/mol. The molecular weight excluding hydrogens is 324 g/mol. The first-order chi connectivity index (χ1) is 11.8. The van der Waals surface area contributed by atoms with E-state index in [0.717, 1.165) is 56.0 Å². The lowest BCUT2D eigenvalue weighted by atomic mass is 10.1. The molecule has 0 bridgehead atoms. The third kappa shape index (κ3) is 3.14. The summed E-state index contributed by atoms with van der Waals surface area (Å²) >= 11 is 1.40.